The number of anilines is 1. The summed E-state index contributed by atoms with van der Waals surface area (Å²) in [7, 11) is 3.33. The van der Waals surface area contributed by atoms with E-state index in [1.807, 2.05) is 23.4 Å². The molecule has 27 heavy (non-hydrogen) atoms. The molecule has 3 rings (SSSR count). The molecule has 7 heteroatoms. The molecule has 2 aromatic heterocycles. The van der Waals surface area contributed by atoms with Gasteiger partial charge in [-0.3, -0.25) is 9.69 Å². The van der Waals surface area contributed by atoms with Crippen LogP contribution in [0.4, 0.5) is 5.00 Å². The summed E-state index contributed by atoms with van der Waals surface area (Å²) in [5, 5.41) is 5.64. The van der Waals surface area contributed by atoms with Crippen molar-refractivity contribution in [3.63, 3.8) is 0 Å². The van der Waals surface area contributed by atoms with Crippen LogP contribution in [0.1, 0.15) is 52.0 Å². The van der Waals surface area contributed by atoms with E-state index >= 15 is 0 Å². The second kappa shape index (κ2) is 8.54. The van der Waals surface area contributed by atoms with Gasteiger partial charge in [0.15, 0.2) is 0 Å². The summed E-state index contributed by atoms with van der Waals surface area (Å²) < 4.78 is 4.99. The lowest BCUT2D eigenvalue weighted by Crippen LogP contribution is -2.32. The first kappa shape index (κ1) is 20.0. The van der Waals surface area contributed by atoms with Crippen LogP contribution in [0.15, 0.2) is 17.5 Å². The minimum absolute atomic E-state index is 0.113. The number of carbonyl (C=O) groups excluding carboxylic acids is 2. The molecular weight excluding hydrogens is 380 g/mol. The average Bonchev–Trinajstić information content (AvgIpc) is 3.27. The second-order valence-electron chi connectivity index (χ2n) is 7.20. The first-order valence-electron chi connectivity index (χ1n) is 9.17. The number of methoxy groups -OCH3 is 1. The van der Waals surface area contributed by atoms with Gasteiger partial charge in [0.1, 0.15) is 5.00 Å². The Labute approximate surface area is 168 Å². The summed E-state index contributed by atoms with van der Waals surface area (Å²) in [6.07, 6.45) is 2.87. The van der Waals surface area contributed by atoms with E-state index in [1.54, 1.807) is 11.3 Å². The largest absolute Gasteiger partial charge is 0.465 e. The van der Waals surface area contributed by atoms with E-state index in [0.717, 1.165) is 24.8 Å². The third-order valence-corrected chi connectivity index (χ3v) is 7.38. The van der Waals surface area contributed by atoms with Crippen molar-refractivity contribution in [1.29, 1.82) is 0 Å². The van der Waals surface area contributed by atoms with E-state index in [2.05, 4.69) is 25.2 Å². The Balaban J connectivity index is 1.74. The van der Waals surface area contributed by atoms with Crippen molar-refractivity contribution < 1.29 is 14.3 Å². The maximum absolute atomic E-state index is 12.6. The molecule has 1 amide bonds. The number of esters is 1. The Hall–Kier alpha value is -1.70. The highest BCUT2D eigenvalue weighted by molar-refractivity contribution is 7.17. The number of nitrogens with zero attached hydrogens (tertiary/aromatic N) is 1. The topological polar surface area (TPSA) is 58.6 Å². The second-order valence-corrected chi connectivity index (χ2v) is 9.29. The summed E-state index contributed by atoms with van der Waals surface area (Å²) in [4.78, 5) is 29.4. The van der Waals surface area contributed by atoms with E-state index in [0.29, 0.717) is 16.5 Å². The SMILES string of the molecule is COC(=O)c1c(NC(=O)CN(C)C(C)c2cccs2)sc2c1CCC(C)C2. The molecule has 0 spiro atoms. The monoisotopic (exact) mass is 406 g/mol. The molecule has 2 heterocycles. The molecule has 0 aliphatic heterocycles. The zero-order chi connectivity index (χ0) is 19.6. The number of carbonyl (C=O) groups is 2. The predicted octanol–water partition coefficient (Wildman–Crippen LogP) is 4.35. The van der Waals surface area contributed by atoms with Gasteiger partial charge in [0.25, 0.3) is 0 Å². The summed E-state index contributed by atoms with van der Waals surface area (Å²) in [6.45, 7) is 4.57. The molecule has 0 fully saturated rings. The van der Waals surface area contributed by atoms with Gasteiger partial charge in [-0.25, -0.2) is 4.79 Å². The summed E-state index contributed by atoms with van der Waals surface area (Å²) in [5.41, 5.74) is 1.60. The number of thiophene rings is 2. The molecule has 1 aliphatic carbocycles. The summed E-state index contributed by atoms with van der Waals surface area (Å²) >= 11 is 3.21. The number of hydrogen-bond acceptors (Lipinski definition) is 6. The molecule has 0 saturated heterocycles. The first-order chi connectivity index (χ1) is 12.9. The van der Waals surface area contributed by atoms with Gasteiger partial charge < -0.3 is 10.1 Å². The molecule has 0 bridgehead atoms. The number of fused-ring (bicyclic) bond motifs is 1. The van der Waals surface area contributed by atoms with Gasteiger partial charge in [-0.05, 0) is 56.2 Å². The molecule has 1 aliphatic rings. The molecule has 0 saturated carbocycles. The molecule has 5 nitrogen and oxygen atoms in total. The molecule has 2 unspecified atom stereocenters. The van der Waals surface area contributed by atoms with Gasteiger partial charge in [-0.2, -0.15) is 0 Å². The number of nitrogens with one attached hydrogen (secondary N) is 1. The van der Waals surface area contributed by atoms with Crippen LogP contribution < -0.4 is 5.32 Å². The molecule has 146 valence electrons. The molecule has 2 aromatic rings. The van der Waals surface area contributed by atoms with E-state index in [1.165, 1.54) is 28.2 Å². The Kier molecular flexibility index (Phi) is 6.34. The third-order valence-electron chi connectivity index (χ3n) is 5.16. The molecule has 1 N–H and O–H groups in total. The summed E-state index contributed by atoms with van der Waals surface area (Å²) in [5.74, 6) is 0.123. The van der Waals surface area contributed by atoms with E-state index in [4.69, 9.17) is 4.74 Å². The van der Waals surface area contributed by atoms with Crippen molar-refractivity contribution in [2.75, 3.05) is 26.0 Å². The molecule has 0 aromatic carbocycles. The number of amides is 1. The fraction of sp³-hybridized carbons (Fsp3) is 0.500. The van der Waals surface area contributed by atoms with Crippen molar-refractivity contribution in [2.24, 2.45) is 5.92 Å². The van der Waals surface area contributed by atoms with E-state index < -0.39 is 0 Å². The van der Waals surface area contributed by atoms with Crippen LogP contribution >= 0.6 is 22.7 Å². The van der Waals surface area contributed by atoms with Crippen LogP contribution in [-0.4, -0.2) is 37.5 Å². The standard InChI is InChI=1S/C20H26N2O3S2/c1-12-7-8-14-16(10-12)27-19(18(14)20(24)25-4)21-17(23)11-22(3)13(2)15-6-5-9-26-15/h5-6,9,12-13H,7-8,10-11H2,1-4H3,(H,21,23). The fourth-order valence-corrected chi connectivity index (χ4v) is 5.70. The van der Waals surface area contributed by atoms with E-state index in [9.17, 15) is 9.59 Å². The predicted molar refractivity (Wildman–Crippen MR) is 111 cm³/mol. The first-order valence-corrected chi connectivity index (χ1v) is 10.9. The quantitative estimate of drug-likeness (QED) is 0.725. The lowest BCUT2D eigenvalue weighted by atomic mass is 9.88. The van der Waals surface area contributed by atoms with Crippen molar-refractivity contribution in [3.05, 3.63) is 38.4 Å². The minimum atomic E-state index is -0.363. The van der Waals surface area contributed by atoms with Crippen LogP contribution in [0, 0.1) is 5.92 Å². The molecule has 2 atom stereocenters. The average molecular weight is 407 g/mol. The zero-order valence-electron chi connectivity index (χ0n) is 16.2. The Morgan fingerprint density at radius 2 is 2.22 bits per heavy atom. The van der Waals surface area contributed by atoms with Crippen molar-refractivity contribution in [3.8, 4) is 0 Å². The van der Waals surface area contributed by atoms with Crippen molar-refractivity contribution >= 4 is 39.6 Å². The Bertz CT molecular complexity index is 814. The highest BCUT2D eigenvalue weighted by Crippen LogP contribution is 2.40. The maximum Gasteiger partial charge on any atom is 0.341 e. The van der Waals surface area contributed by atoms with Crippen LogP contribution in [-0.2, 0) is 22.4 Å². The van der Waals surface area contributed by atoms with Gasteiger partial charge in [-0.15, -0.1) is 22.7 Å². The van der Waals surface area contributed by atoms with Gasteiger partial charge in [0, 0.05) is 15.8 Å². The van der Waals surface area contributed by atoms with Gasteiger partial charge in [-0.1, -0.05) is 13.0 Å². The van der Waals surface area contributed by atoms with Crippen molar-refractivity contribution in [1.82, 2.24) is 4.90 Å². The van der Waals surface area contributed by atoms with Gasteiger partial charge in [0.2, 0.25) is 5.91 Å². The lowest BCUT2D eigenvalue weighted by molar-refractivity contribution is -0.117. The Morgan fingerprint density at radius 1 is 1.44 bits per heavy atom. The number of ether oxygens (including phenoxy) is 1. The number of hydrogen-bond donors (Lipinski definition) is 1. The third kappa shape index (κ3) is 4.42. The van der Waals surface area contributed by atoms with Gasteiger partial charge >= 0.3 is 5.97 Å². The highest BCUT2D eigenvalue weighted by atomic mass is 32.1. The minimum Gasteiger partial charge on any atom is -0.465 e. The van der Waals surface area contributed by atoms with E-state index in [-0.39, 0.29) is 24.5 Å². The Morgan fingerprint density at radius 3 is 2.89 bits per heavy atom. The van der Waals surface area contributed by atoms with Gasteiger partial charge in [0.05, 0.1) is 19.2 Å². The van der Waals surface area contributed by atoms with Crippen LogP contribution in [0.2, 0.25) is 0 Å². The molecule has 0 radical (unpaired) electrons. The number of likely N-dealkylation sites (N-methyl/N-ethyl adjacent to an activating group) is 1. The number of rotatable bonds is 6. The van der Waals surface area contributed by atoms with Crippen LogP contribution in [0.3, 0.4) is 0 Å². The normalized spacial score (nSPS) is 17.4. The fourth-order valence-electron chi connectivity index (χ4n) is 3.43. The van der Waals surface area contributed by atoms with Crippen LogP contribution in [0.5, 0.6) is 0 Å². The zero-order valence-corrected chi connectivity index (χ0v) is 17.8. The lowest BCUT2D eigenvalue weighted by Gasteiger charge is -2.23. The highest BCUT2D eigenvalue weighted by Gasteiger charge is 2.29. The maximum atomic E-state index is 12.6. The molecular formula is C20H26N2O3S2. The van der Waals surface area contributed by atoms with Crippen LogP contribution in [0.25, 0.3) is 0 Å². The summed E-state index contributed by atoms with van der Waals surface area (Å²) in [6, 6.07) is 4.26. The smallest absolute Gasteiger partial charge is 0.341 e. The van der Waals surface area contributed by atoms with Crippen molar-refractivity contribution in [2.45, 2.75) is 39.2 Å².